The standard InChI is InChI=1S/C26H33N5O2S/c1-19(2)17-31-24(14-13-23(27)32)29-30-26(31)34-18-25(33)28-16-15-22(20-9-5-3-6-10-20)21-11-7-4-8-12-21/h3-12,19,22H,13-18H2,1-2H3,(H2,27,32)(H,28,33). The lowest BCUT2D eigenvalue weighted by atomic mass is 9.88. The van der Waals surface area contributed by atoms with Gasteiger partial charge < -0.3 is 15.6 Å². The van der Waals surface area contributed by atoms with Crippen molar-refractivity contribution in [2.24, 2.45) is 11.7 Å². The molecule has 0 aliphatic carbocycles. The fraction of sp³-hybridized carbons (Fsp3) is 0.385. The molecule has 8 heteroatoms. The van der Waals surface area contributed by atoms with E-state index >= 15 is 0 Å². The molecule has 0 spiro atoms. The predicted octanol–water partition coefficient (Wildman–Crippen LogP) is 3.78. The summed E-state index contributed by atoms with van der Waals surface area (Å²) in [5, 5.41) is 12.2. The van der Waals surface area contributed by atoms with Gasteiger partial charge in [-0.3, -0.25) is 9.59 Å². The van der Waals surface area contributed by atoms with Gasteiger partial charge in [0.2, 0.25) is 11.8 Å². The maximum absolute atomic E-state index is 12.6. The van der Waals surface area contributed by atoms with Gasteiger partial charge in [0.1, 0.15) is 5.82 Å². The van der Waals surface area contributed by atoms with Crippen LogP contribution in [-0.4, -0.2) is 38.9 Å². The molecule has 0 radical (unpaired) electrons. The Kier molecular flexibility index (Phi) is 9.70. The second-order valence-electron chi connectivity index (χ2n) is 8.67. The zero-order valence-corrected chi connectivity index (χ0v) is 20.6. The highest BCUT2D eigenvalue weighted by molar-refractivity contribution is 7.99. The summed E-state index contributed by atoms with van der Waals surface area (Å²) < 4.78 is 1.99. The minimum atomic E-state index is -0.364. The molecule has 0 fully saturated rings. The minimum Gasteiger partial charge on any atom is -0.370 e. The molecule has 0 bridgehead atoms. The summed E-state index contributed by atoms with van der Waals surface area (Å²) in [4.78, 5) is 23.7. The van der Waals surface area contributed by atoms with Crippen molar-refractivity contribution in [3.05, 3.63) is 77.6 Å². The van der Waals surface area contributed by atoms with Crippen LogP contribution in [0.1, 0.15) is 49.6 Å². The van der Waals surface area contributed by atoms with Crippen molar-refractivity contribution < 1.29 is 9.59 Å². The molecule has 0 atom stereocenters. The molecule has 2 aromatic carbocycles. The molecule has 2 amide bonds. The molecule has 3 rings (SSSR count). The van der Waals surface area contributed by atoms with Crippen LogP contribution in [0, 0.1) is 5.92 Å². The van der Waals surface area contributed by atoms with Gasteiger partial charge >= 0.3 is 0 Å². The van der Waals surface area contributed by atoms with Crippen molar-refractivity contribution in [2.75, 3.05) is 12.3 Å². The van der Waals surface area contributed by atoms with E-state index in [4.69, 9.17) is 5.73 Å². The van der Waals surface area contributed by atoms with Crippen LogP contribution in [0.4, 0.5) is 0 Å². The number of nitrogens with two attached hydrogens (primary N) is 1. The smallest absolute Gasteiger partial charge is 0.230 e. The summed E-state index contributed by atoms with van der Waals surface area (Å²) in [6.45, 7) is 5.51. The fourth-order valence-corrected chi connectivity index (χ4v) is 4.62. The summed E-state index contributed by atoms with van der Waals surface area (Å²) in [6, 6.07) is 20.7. The lowest BCUT2D eigenvalue weighted by Gasteiger charge is -2.18. The van der Waals surface area contributed by atoms with Gasteiger partial charge in [-0.2, -0.15) is 0 Å². The molecule has 180 valence electrons. The Morgan fingerprint density at radius 3 is 2.18 bits per heavy atom. The Morgan fingerprint density at radius 2 is 1.62 bits per heavy atom. The Hall–Kier alpha value is -3.13. The van der Waals surface area contributed by atoms with Crippen LogP contribution in [0.3, 0.4) is 0 Å². The molecule has 3 aromatic rings. The van der Waals surface area contributed by atoms with E-state index < -0.39 is 0 Å². The van der Waals surface area contributed by atoms with E-state index in [1.165, 1.54) is 22.9 Å². The molecule has 1 heterocycles. The molecule has 1 aromatic heterocycles. The second-order valence-corrected chi connectivity index (χ2v) is 9.61. The Labute approximate surface area is 205 Å². The summed E-state index contributed by atoms with van der Waals surface area (Å²) in [7, 11) is 0. The number of nitrogens with one attached hydrogen (secondary N) is 1. The third kappa shape index (κ3) is 7.73. The summed E-state index contributed by atoms with van der Waals surface area (Å²) >= 11 is 1.36. The van der Waals surface area contributed by atoms with Gasteiger partial charge in [0, 0.05) is 31.8 Å². The number of primary amides is 1. The van der Waals surface area contributed by atoms with Crippen molar-refractivity contribution in [1.82, 2.24) is 20.1 Å². The van der Waals surface area contributed by atoms with Gasteiger partial charge in [-0.25, -0.2) is 0 Å². The van der Waals surface area contributed by atoms with E-state index in [9.17, 15) is 9.59 Å². The number of hydrogen-bond acceptors (Lipinski definition) is 5. The molecule has 34 heavy (non-hydrogen) atoms. The van der Waals surface area contributed by atoms with Crippen LogP contribution in [-0.2, 0) is 22.6 Å². The first-order valence-electron chi connectivity index (χ1n) is 11.6. The van der Waals surface area contributed by atoms with Crippen LogP contribution in [0.5, 0.6) is 0 Å². The van der Waals surface area contributed by atoms with Crippen LogP contribution >= 0.6 is 11.8 Å². The average molecular weight is 480 g/mol. The van der Waals surface area contributed by atoms with Crippen LogP contribution in [0.2, 0.25) is 0 Å². The summed E-state index contributed by atoms with van der Waals surface area (Å²) in [5.41, 5.74) is 7.76. The third-order valence-electron chi connectivity index (χ3n) is 5.43. The van der Waals surface area contributed by atoms with E-state index in [2.05, 4.69) is 53.6 Å². The lowest BCUT2D eigenvalue weighted by molar-refractivity contribution is -0.119. The number of rotatable bonds is 13. The zero-order chi connectivity index (χ0) is 24.3. The molecule has 0 unspecified atom stereocenters. The Balaban J connectivity index is 1.56. The molecule has 7 nitrogen and oxygen atoms in total. The van der Waals surface area contributed by atoms with Gasteiger partial charge in [0.05, 0.1) is 5.75 Å². The molecule has 0 saturated carbocycles. The van der Waals surface area contributed by atoms with E-state index in [-0.39, 0.29) is 29.9 Å². The number of aromatic nitrogens is 3. The molecule has 0 aliphatic rings. The number of carbonyl (C=O) groups excluding carboxylic acids is 2. The second kappa shape index (κ2) is 12.9. The largest absolute Gasteiger partial charge is 0.370 e. The number of amides is 2. The van der Waals surface area contributed by atoms with Gasteiger partial charge in [0.15, 0.2) is 5.16 Å². The van der Waals surface area contributed by atoms with Crippen molar-refractivity contribution in [3.8, 4) is 0 Å². The number of nitrogens with zero attached hydrogens (tertiary/aromatic N) is 3. The topological polar surface area (TPSA) is 103 Å². The highest BCUT2D eigenvalue weighted by Gasteiger charge is 2.17. The number of thioether (sulfide) groups is 1. The van der Waals surface area contributed by atoms with E-state index in [1.807, 2.05) is 41.0 Å². The van der Waals surface area contributed by atoms with Crippen LogP contribution in [0.25, 0.3) is 0 Å². The van der Waals surface area contributed by atoms with Gasteiger partial charge in [-0.05, 0) is 23.5 Å². The van der Waals surface area contributed by atoms with Crippen molar-refractivity contribution in [2.45, 2.75) is 50.7 Å². The number of carbonyl (C=O) groups is 2. The highest BCUT2D eigenvalue weighted by Crippen LogP contribution is 2.27. The van der Waals surface area contributed by atoms with E-state index in [0.717, 1.165) is 18.8 Å². The first-order chi connectivity index (χ1) is 16.4. The predicted molar refractivity (Wildman–Crippen MR) is 135 cm³/mol. The molecule has 0 saturated heterocycles. The average Bonchev–Trinajstić information content (AvgIpc) is 3.21. The maximum Gasteiger partial charge on any atom is 0.230 e. The lowest BCUT2D eigenvalue weighted by Crippen LogP contribution is -2.27. The fourth-order valence-electron chi connectivity index (χ4n) is 3.83. The first kappa shape index (κ1) is 25.5. The highest BCUT2D eigenvalue weighted by atomic mass is 32.2. The Morgan fingerprint density at radius 1 is 1.00 bits per heavy atom. The SMILES string of the molecule is CC(C)Cn1c(CCC(N)=O)nnc1SCC(=O)NCCC(c1ccccc1)c1ccccc1. The summed E-state index contributed by atoms with van der Waals surface area (Å²) in [5.74, 6) is 1.18. The van der Waals surface area contributed by atoms with Crippen LogP contribution in [0.15, 0.2) is 65.8 Å². The van der Waals surface area contributed by atoms with Crippen molar-refractivity contribution in [3.63, 3.8) is 0 Å². The molecule has 3 N–H and O–H groups in total. The van der Waals surface area contributed by atoms with Gasteiger partial charge in [-0.15, -0.1) is 10.2 Å². The monoisotopic (exact) mass is 479 g/mol. The quantitative estimate of drug-likeness (QED) is 0.363. The molecular weight excluding hydrogens is 446 g/mol. The van der Waals surface area contributed by atoms with E-state index in [1.54, 1.807) is 0 Å². The zero-order valence-electron chi connectivity index (χ0n) is 19.8. The minimum absolute atomic E-state index is 0.0392. The Bertz CT molecular complexity index is 1010. The number of aryl methyl sites for hydroxylation is 1. The molecule has 0 aliphatic heterocycles. The van der Waals surface area contributed by atoms with Gasteiger partial charge in [0.25, 0.3) is 0 Å². The first-order valence-corrected chi connectivity index (χ1v) is 12.6. The van der Waals surface area contributed by atoms with E-state index in [0.29, 0.717) is 24.0 Å². The van der Waals surface area contributed by atoms with Crippen molar-refractivity contribution >= 4 is 23.6 Å². The van der Waals surface area contributed by atoms with Gasteiger partial charge in [-0.1, -0.05) is 86.3 Å². The third-order valence-corrected chi connectivity index (χ3v) is 6.39. The number of hydrogen-bond donors (Lipinski definition) is 2. The molecular formula is C26H33N5O2S. The van der Waals surface area contributed by atoms with Crippen molar-refractivity contribution in [1.29, 1.82) is 0 Å². The van der Waals surface area contributed by atoms with Crippen LogP contribution < -0.4 is 11.1 Å². The maximum atomic E-state index is 12.6. The number of benzene rings is 2. The normalized spacial score (nSPS) is 11.2. The summed E-state index contributed by atoms with van der Waals surface area (Å²) in [6.07, 6.45) is 1.48.